The Morgan fingerprint density at radius 1 is 1.07 bits per heavy atom. The number of anilines is 3. The molecule has 0 atom stereocenters. The zero-order chi connectivity index (χ0) is 20.5. The van der Waals surface area contributed by atoms with Gasteiger partial charge in [-0.25, -0.2) is 14.4 Å². The van der Waals surface area contributed by atoms with E-state index < -0.39 is 0 Å². The van der Waals surface area contributed by atoms with Crippen molar-refractivity contribution in [2.45, 2.75) is 13.0 Å². The summed E-state index contributed by atoms with van der Waals surface area (Å²) < 4.78 is 13.1. The van der Waals surface area contributed by atoms with E-state index in [-0.39, 0.29) is 18.3 Å². The van der Waals surface area contributed by atoms with Crippen LogP contribution in [0.3, 0.4) is 0 Å². The van der Waals surface area contributed by atoms with Gasteiger partial charge in [0.15, 0.2) is 0 Å². The first-order chi connectivity index (χ1) is 14.1. The summed E-state index contributed by atoms with van der Waals surface area (Å²) in [7, 11) is 0. The zero-order valence-corrected chi connectivity index (χ0v) is 15.6. The molecule has 0 radical (unpaired) electrons. The van der Waals surface area contributed by atoms with Crippen molar-refractivity contribution >= 4 is 23.4 Å². The fourth-order valence-electron chi connectivity index (χ4n) is 2.49. The van der Waals surface area contributed by atoms with Crippen LogP contribution in [0.25, 0.3) is 0 Å². The third-order valence-electron chi connectivity index (χ3n) is 3.91. The number of benzene rings is 1. The maximum atomic E-state index is 13.1. The van der Waals surface area contributed by atoms with Crippen molar-refractivity contribution in [3.05, 3.63) is 71.9 Å². The molecule has 1 aromatic carbocycles. The molecular weight excluding hydrogens is 375 g/mol. The Balaban J connectivity index is 1.79. The maximum Gasteiger partial charge on any atom is 0.251 e. The van der Waals surface area contributed by atoms with E-state index in [0.717, 1.165) is 5.56 Å². The lowest BCUT2D eigenvalue weighted by atomic mass is 10.2. The molecule has 0 bridgehead atoms. The fraction of sp³-hybridized carbons (Fsp3) is 0.200. The third-order valence-corrected chi connectivity index (χ3v) is 3.91. The Labute approximate surface area is 167 Å². The predicted octanol–water partition coefficient (Wildman–Crippen LogP) is 2.48. The molecule has 150 valence electrons. The Bertz CT molecular complexity index is 937. The van der Waals surface area contributed by atoms with Gasteiger partial charge in [-0.05, 0) is 36.2 Å². The van der Waals surface area contributed by atoms with Crippen LogP contribution < -0.4 is 16.0 Å². The number of hydrogen-bond acceptors (Lipinski definition) is 7. The molecule has 2 aromatic heterocycles. The molecule has 3 rings (SSSR count). The molecule has 9 heteroatoms. The maximum absolute atomic E-state index is 13.1. The smallest absolute Gasteiger partial charge is 0.251 e. The lowest BCUT2D eigenvalue weighted by molar-refractivity contribution is 0.0951. The normalized spacial score (nSPS) is 10.4. The summed E-state index contributed by atoms with van der Waals surface area (Å²) in [5.74, 6) is 0.788. The highest BCUT2D eigenvalue weighted by Gasteiger charge is 2.11. The molecule has 0 saturated carbocycles. The molecule has 0 aliphatic rings. The topological polar surface area (TPSA) is 112 Å². The number of aliphatic hydroxyl groups excluding tert-OH is 1. The van der Waals surface area contributed by atoms with Crippen LogP contribution in [0.5, 0.6) is 0 Å². The molecule has 0 fully saturated rings. The first-order valence-electron chi connectivity index (χ1n) is 9.06. The predicted molar refractivity (Wildman–Crippen MR) is 107 cm³/mol. The van der Waals surface area contributed by atoms with E-state index in [1.165, 1.54) is 12.1 Å². The average molecular weight is 396 g/mol. The van der Waals surface area contributed by atoms with Gasteiger partial charge in [-0.3, -0.25) is 9.78 Å². The molecule has 3 aromatic rings. The number of rotatable bonds is 9. The van der Waals surface area contributed by atoms with Crippen LogP contribution in [0.2, 0.25) is 0 Å². The second-order valence-corrected chi connectivity index (χ2v) is 6.16. The first kappa shape index (κ1) is 20.2. The summed E-state index contributed by atoms with van der Waals surface area (Å²) in [4.78, 5) is 25.0. The van der Waals surface area contributed by atoms with Crippen molar-refractivity contribution in [2.75, 3.05) is 23.8 Å². The van der Waals surface area contributed by atoms with Gasteiger partial charge in [0.2, 0.25) is 0 Å². The highest BCUT2D eigenvalue weighted by atomic mass is 19.1. The molecule has 0 unspecified atom stereocenters. The van der Waals surface area contributed by atoms with Gasteiger partial charge in [-0.2, -0.15) is 0 Å². The third kappa shape index (κ3) is 6.22. The molecule has 2 heterocycles. The summed E-state index contributed by atoms with van der Waals surface area (Å²) in [6.07, 6.45) is 5.11. The number of carbonyl (C=O) groups excluding carboxylic acids is 1. The minimum atomic E-state index is -0.302. The molecule has 0 aliphatic carbocycles. The van der Waals surface area contributed by atoms with Crippen LogP contribution in [0, 0.1) is 5.82 Å². The summed E-state index contributed by atoms with van der Waals surface area (Å²) in [5, 5.41) is 17.8. The molecular formula is C20H21FN6O2. The van der Waals surface area contributed by atoms with Gasteiger partial charge in [-0.15, -0.1) is 0 Å². The van der Waals surface area contributed by atoms with E-state index in [1.54, 1.807) is 42.9 Å². The zero-order valence-electron chi connectivity index (χ0n) is 15.6. The number of nitrogens with zero attached hydrogens (tertiary/aromatic N) is 3. The van der Waals surface area contributed by atoms with Gasteiger partial charge in [0, 0.05) is 37.7 Å². The van der Waals surface area contributed by atoms with E-state index in [9.17, 15) is 9.18 Å². The number of aromatic nitrogens is 3. The Morgan fingerprint density at radius 3 is 2.59 bits per heavy atom. The van der Waals surface area contributed by atoms with Gasteiger partial charge in [0.05, 0.1) is 6.20 Å². The Hall–Kier alpha value is -3.59. The van der Waals surface area contributed by atoms with Crippen LogP contribution >= 0.6 is 0 Å². The fourth-order valence-corrected chi connectivity index (χ4v) is 2.49. The van der Waals surface area contributed by atoms with Crippen molar-refractivity contribution in [3.8, 4) is 0 Å². The van der Waals surface area contributed by atoms with Gasteiger partial charge in [0.1, 0.15) is 23.3 Å². The number of carbonyl (C=O) groups is 1. The van der Waals surface area contributed by atoms with Crippen LogP contribution in [0.1, 0.15) is 22.3 Å². The molecule has 0 spiro atoms. The van der Waals surface area contributed by atoms with Crippen LogP contribution in [-0.2, 0) is 6.54 Å². The molecule has 8 nitrogen and oxygen atoms in total. The summed E-state index contributed by atoms with van der Waals surface area (Å²) >= 11 is 0. The Morgan fingerprint density at radius 2 is 1.86 bits per heavy atom. The first-order valence-corrected chi connectivity index (χ1v) is 9.06. The molecule has 0 saturated heterocycles. The number of pyridine rings is 1. The quantitative estimate of drug-likeness (QED) is 0.411. The number of hydrogen-bond donors (Lipinski definition) is 4. The summed E-state index contributed by atoms with van der Waals surface area (Å²) in [6, 6.07) is 9.34. The van der Waals surface area contributed by atoms with Crippen molar-refractivity contribution < 1.29 is 14.3 Å². The van der Waals surface area contributed by atoms with Crippen molar-refractivity contribution in [2.24, 2.45) is 0 Å². The summed E-state index contributed by atoms with van der Waals surface area (Å²) in [6.45, 7) is 0.775. The van der Waals surface area contributed by atoms with Gasteiger partial charge in [-0.1, -0.05) is 12.1 Å². The lowest BCUT2D eigenvalue weighted by Gasteiger charge is -2.12. The molecule has 0 aliphatic heterocycles. The number of nitrogens with one attached hydrogen (secondary N) is 3. The standard InChI is InChI=1S/C20H21FN6O2/c21-16-4-2-14(3-5-16)12-25-17-10-15(20(29)24-6-1-9-28)11-18(26-17)27-19-13-22-7-8-23-19/h2-5,7-8,10-11,13,28H,1,6,9,12H2,(H,24,29)(H2,23,25,26,27). The molecule has 1 amide bonds. The number of aliphatic hydroxyl groups is 1. The van der Waals surface area contributed by atoms with Crippen molar-refractivity contribution in [1.29, 1.82) is 0 Å². The monoisotopic (exact) mass is 396 g/mol. The largest absolute Gasteiger partial charge is 0.396 e. The second kappa shape index (κ2) is 10.1. The highest BCUT2D eigenvalue weighted by molar-refractivity contribution is 5.95. The van der Waals surface area contributed by atoms with Crippen molar-refractivity contribution in [3.63, 3.8) is 0 Å². The minimum Gasteiger partial charge on any atom is -0.396 e. The van der Waals surface area contributed by atoms with E-state index >= 15 is 0 Å². The lowest BCUT2D eigenvalue weighted by Crippen LogP contribution is -2.25. The van der Waals surface area contributed by atoms with Crippen LogP contribution in [-0.4, -0.2) is 39.1 Å². The van der Waals surface area contributed by atoms with E-state index in [1.807, 2.05) is 0 Å². The number of amides is 1. The van der Waals surface area contributed by atoms with Gasteiger partial charge >= 0.3 is 0 Å². The minimum absolute atomic E-state index is 0.000578. The van der Waals surface area contributed by atoms with Crippen molar-refractivity contribution in [1.82, 2.24) is 20.3 Å². The van der Waals surface area contributed by atoms with E-state index in [0.29, 0.717) is 42.5 Å². The van der Waals surface area contributed by atoms with Crippen LogP contribution in [0.4, 0.5) is 21.8 Å². The Kier molecular flexibility index (Phi) is 7.01. The van der Waals surface area contributed by atoms with Crippen LogP contribution in [0.15, 0.2) is 55.0 Å². The number of halogens is 1. The molecule has 4 N–H and O–H groups in total. The van der Waals surface area contributed by atoms with E-state index in [4.69, 9.17) is 5.11 Å². The second-order valence-electron chi connectivity index (χ2n) is 6.16. The SMILES string of the molecule is O=C(NCCCO)c1cc(NCc2ccc(F)cc2)nc(Nc2cnccn2)c1. The average Bonchev–Trinajstić information content (AvgIpc) is 2.74. The van der Waals surface area contributed by atoms with Gasteiger partial charge in [0.25, 0.3) is 5.91 Å². The summed E-state index contributed by atoms with van der Waals surface area (Å²) in [5.41, 5.74) is 1.26. The van der Waals surface area contributed by atoms with E-state index in [2.05, 4.69) is 30.9 Å². The molecule has 29 heavy (non-hydrogen) atoms. The highest BCUT2D eigenvalue weighted by Crippen LogP contribution is 2.18. The van der Waals surface area contributed by atoms with Gasteiger partial charge < -0.3 is 21.1 Å².